The van der Waals surface area contributed by atoms with Crippen molar-refractivity contribution in [1.82, 2.24) is 25.2 Å². The van der Waals surface area contributed by atoms with Crippen molar-refractivity contribution >= 4 is 56.5 Å². The molecule has 5 unspecified atom stereocenters. The topological polar surface area (TPSA) is 219 Å². The SMILES string of the molecule is COc1ccc2c(OC3CC4C(=O)NC5(C(=O)NS(=O)(=O)C6(C)CC6)CC5C=CCCCCCC(NC(=O)C(=N)CC=NCC(F)(F)F)C(=O)N4C3)cc(OC(C)C)nc2c1C. The highest BCUT2D eigenvalue weighted by atomic mass is 32.2. The minimum Gasteiger partial charge on any atom is -0.496 e. The van der Waals surface area contributed by atoms with Crippen LogP contribution in [0.5, 0.6) is 17.4 Å². The van der Waals surface area contributed by atoms with Crippen molar-refractivity contribution < 1.29 is 55.0 Å². The monoisotopic (exact) mass is 889 g/mol. The van der Waals surface area contributed by atoms with E-state index in [4.69, 9.17) is 24.6 Å². The number of aryl methyl sites for hydroxylation is 1. The summed E-state index contributed by atoms with van der Waals surface area (Å²) in [6.45, 7) is 5.40. The predicted molar refractivity (Wildman–Crippen MR) is 223 cm³/mol. The summed E-state index contributed by atoms with van der Waals surface area (Å²) >= 11 is 0. The third-order valence-corrected chi connectivity index (χ3v) is 13.9. The van der Waals surface area contributed by atoms with Crippen LogP contribution in [0.4, 0.5) is 13.2 Å². The van der Waals surface area contributed by atoms with Gasteiger partial charge in [-0.25, -0.2) is 13.4 Å². The Labute approximate surface area is 358 Å². The zero-order valence-electron chi connectivity index (χ0n) is 35.4. The Balaban J connectivity index is 1.33. The van der Waals surface area contributed by atoms with Gasteiger partial charge in [0, 0.05) is 42.0 Å². The number of rotatable bonds is 13. The molecule has 2 aromatic rings. The Hall–Kier alpha value is -5.27. The summed E-state index contributed by atoms with van der Waals surface area (Å²) in [5, 5.41) is 14.2. The smallest absolute Gasteiger partial charge is 0.407 e. The lowest BCUT2D eigenvalue weighted by molar-refractivity contribution is -0.142. The molecule has 5 atom stereocenters. The number of hydrogen-bond acceptors (Lipinski definition) is 12. The summed E-state index contributed by atoms with van der Waals surface area (Å²) in [6.07, 6.45) is 1.52. The van der Waals surface area contributed by atoms with Crippen LogP contribution in [0, 0.1) is 18.3 Å². The molecular weight excluding hydrogens is 836 g/mol. The van der Waals surface area contributed by atoms with Crippen LogP contribution in [0.25, 0.3) is 10.9 Å². The summed E-state index contributed by atoms with van der Waals surface area (Å²) in [4.78, 5) is 65.7. The number of carbonyl (C=O) groups excluding carboxylic acids is 4. The number of sulfonamides is 1. The van der Waals surface area contributed by atoms with E-state index < -0.39 is 92.9 Å². The molecule has 16 nitrogen and oxygen atoms in total. The number of alkyl halides is 3. The standard InChI is InChI=1S/C42H54F3N7O9S/c1-24(2)60-34-20-33(28-13-14-32(59-5)25(3)35(28)49-34)61-27-19-31-37(54)50-41(39(56)51-62(57,58)40(4)16-17-40)21-26(41)11-9-7-6-8-10-12-30(38(55)52(31)22-27)48-36(53)29(46)15-18-47-23-42(43,44)45/h9,11,13-14,18,20,24,26-27,30-31,46H,6-8,10,12,15-17,19,21-23H2,1-5H3,(H,48,53)(H,50,54)(H,51,56). The number of hydrogen-bond donors (Lipinski definition) is 4. The summed E-state index contributed by atoms with van der Waals surface area (Å²) < 4.78 is 83.5. The highest BCUT2D eigenvalue weighted by molar-refractivity contribution is 7.91. The van der Waals surface area contributed by atoms with Crippen LogP contribution in [0.1, 0.15) is 90.5 Å². The number of halogens is 3. The molecule has 4 aliphatic rings. The number of fused-ring (bicyclic) bond motifs is 3. The summed E-state index contributed by atoms with van der Waals surface area (Å²) in [6, 6.07) is 2.59. The fourth-order valence-corrected chi connectivity index (χ4v) is 9.08. The van der Waals surface area contributed by atoms with Crippen LogP contribution in [0.15, 0.2) is 35.3 Å². The molecule has 1 aromatic carbocycles. The number of nitrogens with one attached hydrogen (secondary N) is 4. The number of allylic oxidation sites excluding steroid dienone is 1. The van der Waals surface area contributed by atoms with Gasteiger partial charge in [-0.05, 0) is 78.4 Å². The van der Waals surface area contributed by atoms with Crippen molar-refractivity contribution in [1.29, 1.82) is 5.41 Å². The third kappa shape index (κ3) is 10.5. The first-order valence-electron chi connectivity index (χ1n) is 20.8. The maximum Gasteiger partial charge on any atom is 0.407 e. The number of pyridine rings is 1. The van der Waals surface area contributed by atoms with Gasteiger partial charge >= 0.3 is 6.18 Å². The molecular formula is C42H54F3N7O9S. The molecule has 3 fully saturated rings. The van der Waals surface area contributed by atoms with Crippen molar-refractivity contribution in [2.45, 2.75) is 133 Å². The quantitative estimate of drug-likeness (QED) is 0.162. The summed E-state index contributed by atoms with van der Waals surface area (Å²) in [7, 11) is -2.54. The highest BCUT2D eigenvalue weighted by Crippen LogP contribution is 2.47. The molecule has 1 aromatic heterocycles. The van der Waals surface area contributed by atoms with Gasteiger partial charge < -0.3 is 29.7 Å². The first kappa shape index (κ1) is 46.2. The van der Waals surface area contributed by atoms with Crippen molar-refractivity contribution in [2.24, 2.45) is 10.9 Å². The molecule has 3 heterocycles. The number of nitrogens with zero attached hydrogens (tertiary/aromatic N) is 3. The van der Waals surface area contributed by atoms with Crippen LogP contribution in [-0.2, 0) is 29.2 Å². The Morgan fingerprint density at radius 3 is 2.58 bits per heavy atom. The summed E-state index contributed by atoms with van der Waals surface area (Å²) in [5.41, 5.74) is -1.01. The van der Waals surface area contributed by atoms with E-state index in [2.05, 4.69) is 20.3 Å². The van der Waals surface area contributed by atoms with E-state index in [1.165, 1.54) is 12.0 Å². The second kappa shape index (κ2) is 18.2. The van der Waals surface area contributed by atoms with Gasteiger partial charge in [0.25, 0.3) is 11.8 Å². The first-order chi connectivity index (χ1) is 29.2. The Morgan fingerprint density at radius 1 is 1.16 bits per heavy atom. The minimum atomic E-state index is -4.56. The average molecular weight is 890 g/mol. The number of carbonyl (C=O) groups is 4. The lowest BCUT2D eigenvalue weighted by Crippen LogP contribution is -2.58. The molecule has 2 aliphatic carbocycles. The fraction of sp³-hybridized carbons (Fsp3) is 0.595. The van der Waals surface area contributed by atoms with Crippen LogP contribution in [0.2, 0.25) is 0 Å². The van der Waals surface area contributed by atoms with Crippen LogP contribution < -0.4 is 29.6 Å². The van der Waals surface area contributed by atoms with Gasteiger partial charge in [0.15, 0.2) is 0 Å². The second-order valence-electron chi connectivity index (χ2n) is 17.0. The van der Waals surface area contributed by atoms with E-state index in [9.17, 15) is 40.8 Å². The molecule has 2 aliphatic heterocycles. The van der Waals surface area contributed by atoms with Gasteiger partial charge in [0.2, 0.25) is 27.7 Å². The predicted octanol–water partition coefficient (Wildman–Crippen LogP) is 4.61. The minimum absolute atomic E-state index is 0.0857. The molecule has 0 bridgehead atoms. The van der Waals surface area contributed by atoms with E-state index in [0.717, 1.165) is 6.21 Å². The molecule has 4 amide bonds. The molecule has 1 saturated heterocycles. The molecule has 6 rings (SSSR count). The fourth-order valence-electron chi connectivity index (χ4n) is 7.77. The van der Waals surface area contributed by atoms with E-state index in [0.29, 0.717) is 66.5 Å². The van der Waals surface area contributed by atoms with Gasteiger partial charge in [0.05, 0.1) is 30.0 Å². The third-order valence-electron chi connectivity index (χ3n) is 11.7. The van der Waals surface area contributed by atoms with Gasteiger partial charge in [-0.15, -0.1) is 0 Å². The molecule has 0 spiro atoms. The Kier molecular flexibility index (Phi) is 13.6. The van der Waals surface area contributed by atoms with Crippen molar-refractivity contribution in [3.63, 3.8) is 0 Å². The summed E-state index contributed by atoms with van der Waals surface area (Å²) in [5.74, 6) is -2.67. The average Bonchev–Trinajstić information content (AvgIpc) is 4.08. The molecule has 62 heavy (non-hydrogen) atoms. The number of ether oxygens (including phenoxy) is 3. The van der Waals surface area contributed by atoms with E-state index >= 15 is 0 Å². The zero-order chi connectivity index (χ0) is 45.2. The number of aliphatic imine (C=N–C) groups is 1. The molecule has 338 valence electrons. The Bertz CT molecular complexity index is 2260. The Morgan fingerprint density at radius 2 is 1.90 bits per heavy atom. The van der Waals surface area contributed by atoms with Crippen molar-refractivity contribution in [3.8, 4) is 17.4 Å². The number of amides is 4. The van der Waals surface area contributed by atoms with E-state index in [1.54, 1.807) is 31.2 Å². The largest absolute Gasteiger partial charge is 0.496 e. The lowest BCUT2D eigenvalue weighted by atomic mass is 10.0. The first-order valence-corrected chi connectivity index (χ1v) is 22.3. The van der Waals surface area contributed by atoms with Crippen LogP contribution in [0.3, 0.4) is 0 Å². The van der Waals surface area contributed by atoms with Crippen molar-refractivity contribution in [2.75, 3.05) is 20.2 Å². The highest BCUT2D eigenvalue weighted by Gasteiger charge is 2.63. The molecule has 2 saturated carbocycles. The zero-order valence-corrected chi connectivity index (χ0v) is 36.2. The van der Waals surface area contributed by atoms with Gasteiger partial charge in [0.1, 0.15) is 47.5 Å². The number of methoxy groups -OCH3 is 1. The number of benzene rings is 1. The van der Waals surface area contributed by atoms with Crippen molar-refractivity contribution in [3.05, 3.63) is 35.9 Å². The van der Waals surface area contributed by atoms with E-state index in [1.807, 2.05) is 26.8 Å². The lowest BCUT2D eigenvalue weighted by Gasteiger charge is -2.30. The number of aromatic nitrogens is 1. The molecule has 0 radical (unpaired) electrons. The van der Waals surface area contributed by atoms with Gasteiger partial charge in [-0.1, -0.05) is 25.0 Å². The normalized spacial score (nSPS) is 25.3. The van der Waals surface area contributed by atoms with Crippen LogP contribution >= 0.6 is 0 Å². The van der Waals surface area contributed by atoms with Gasteiger partial charge in [-0.3, -0.25) is 34.3 Å². The van der Waals surface area contributed by atoms with Crippen LogP contribution in [-0.4, -0.2) is 115 Å². The maximum absolute atomic E-state index is 14.7. The van der Waals surface area contributed by atoms with Gasteiger partial charge in [-0.2, -0.15) is 13.2 Å². The molecule has 4 N–H and O–H groups in total. The maximum atomic E-state index is 14.7. The van der Waals surface area contributed by atoms with E-state index in [-0.39, 0.29) is 37.8 Å². The second-order valence-corrected chi connectivity index (χ2v) is 19.2. The molecule has 20 heteroatoms.